The maximum Gasteiger partial charge on any atom is 0.217 e. The van der Waals surface area contributed by atoms with Crippen LogP contribution in [0.5, 0.6) is 0 Å². The average Bonchev–Trinajstić information content (AvgIpc) is 3.32. The zero-order chi connectivity index (χ0) is 18.7. The summed E-state index contributed by atoms with van der Waals surface area (Å²) in [6.45, 7) is 0.814. The predicted octanol–water partition coefficient (Wildman–Crippen LogP) is 4.65. The fourth-order valence-corrected chi connectivity index (χ4v) is 4.43. The molecule has 0 radical (unpaired) electrons. The Bertz CT molecular complexity index is 895. The molecule has 0 bridgehead atoms. The van der Waals surface area contributed by atoms with Crippen molar-refractivity contribution < 1.29 is 9.47 Å². The molecule has 0 spiro atoms. The van der Waals surface area contributed by atoms with Crippen LogP contribution in [0.2, 0.25) is 10.0 Å². The van der Waals surface area contributed by atoms with E-state index in [-0.39, 0.29) is 6.10 Å². The van der Waals surface area contributed by atoms with Crippen LogP contribution in [0, 0.1) is 0 Å². The van der Waals surface area contributed by atoms with Gasteiger partial charge in [-0.15, -0.1) is 11.8 Å². The van der Waals surface area contributed by atoms with Crippen LogP contribution in [0.4, 0.5) is 0 Å². The van der Waals surface area contributed by atoms with Crippen molar-refractivity contribution in [3.8, 4) is 0 Å². The van der Waals surface area contributed by atoms with Crippen LogP contribution in [0.25, 0.3) is 0 Å². The fraction of sp³-hybridized carbons (Fsp3) is 0.263. The van der Waals surface area contributed by atoms with Gasteiger partial charge in [-0.1, -0.05) is 47.5 Å². The van der Waals surface area contributed by atoms with Crippen molar-refractivity contribution in [1.29, 1.82) is 0 Å². The number of aromatic nitrogens is 3. The molecule has 3 aromatic rings. The second-order valence-corrected chi connectivity index (χ2v) is 8.08. The normalized spacial score (nSPS) is 22.2. The lowest BCUT2D eigenvalue weighted by atomic mass is 10.1. The van der Waals surface area contributed by atoms with E-state index in [2.05, 4.69) is 22.2 Å². The lowest BCUT2D eigenvalue weighted by Gasteiger charge is -2.29. The van der Waals surface area contributed by atoms with E-state index in [1.807, 2.05) is 24.3 Å². The fourth-order valence-electron chi connectivity index (χ4n) is 2.99. The first-order chi connectivity index (χ1) is 13.1. The second kappa shape index (κ2) is 8.20. The van der Waals surface area contributed by atoms with E-state index in [9.17, 15) is 0 Å². The van der Waals surface area contributed by atoms with E-state index >= 15 is 0 Å². The van der Waals surface area contributed by atoms with Crippen molar-refractivity contribution in [2.45, 2.75) is 23.3 Å². The number of rotatable bonds is 6. The summed E-state index contributed by atoms with van der Waals surface area (Å²) >= 11 is 14.3. The van der Waals surface area contributed by atoms with Gasteiger partial charge in [0.1, 0.15) is 19.2 Å². The lowest BCUT2D eigenvalue weighted by Crippen LogP contribution is -2.34. The van der Waals surface area contributed by atoms with E-state index < -0.39 is 5.79 Å². The number of hydrogen-bond donors (Lipinski definition) is 0. The van der Waals surface area contributed by atoms with E-state index in [0.717, 1.165) is 11.3 Å². The molecule has 27 heavy (non-hydrogen) atoms. The van der Waals surface area contributed by atoms with Crippen molar-refractivity contribution in [1.82, 2.24) is 14.8 Å². The number of hydrogen-bond acceptors (Lipinski definition) is 5. The molecule has 4 rings (SSSR count). The Balaban J connectivity index is 1.56. The van der Waals surface area contributed by atoms with Gasteiger partial charge < -0.3 is 9.47 Å². The third-order valence-corrected chi connectivity index (χ3v) is 5.91. The molecule has 2 unspecified atom stereocenters. The molecule has 5 nitrogen and oxygen atoms in total. The molecular formula is C19H17Cl2N3O2S. The number of thioether (sulfide) groups is 1. The predicted molar refractivity (Wildman–Crippen MR) is 106 cm³/mol. The van der Waals surface area contributed by atoms with Gasteiger partial charge in [0.15, 0.2) is 0 Å². The van der Waals surface area contributed by atoms with Crippen molar-refractivity contribution in [2.24, 2.45) is 0 Å². The summed E-state index contributed by atoms with van der Waals surface area (Å²) in [4.78, 5) is 5.20. The summed E-state index contributed by atoms with van der Waals surface area (Å²) in [6, 6.07) is 15.5. The summed E-state index contributed by atoms with van der Waals surface area (Å²) in [5.41, 5.74) is 0.733. The van der Waals surface area contributed by atoms with Gasteiger partial charge in [-0.2, -0.15) is 5.10 Å². The van der Waals surface area contributed by atoms with Crippen LogP contribution < -0.4 is 0 Å². The van der Waals surface area contributed by atoms with Gasteiger partial charge in [0.2, 0.25) is 5.79 Å². The van der Waals surface area contributed by atoms with Crippen LogP contribution in [0.3, 0.4) is 0 Å². The molecule has 0 aliphatic carbocycles. The third-order valence-electron chi connectivity index (χ3n) is 4.22. The largest absolute Gasteiger partial charge is 0.342 e. The lowest BCUT2D eigenvalue weighted by molar-refractivity contribution is -0.186. The number of benzene rings is 2. The Kier molecular flexibility index (Phi) is 5.71. The van der Waals surface area contributed by atoms with Crippen LogP contribution in [0.1, 0.15) is 5.56 Å². The molecule has 8 heteroatoms. The molecule has 0 N–H and O–H groups in total. The molecule has 1 aliphatic heterocycles. The van der Waals surface area contributed by atoms with Crippen LogP contribution in [0.15, 0.2) is 66.1 Å². The van der Waals surface area contributed by atoms with E-state index in [1.165, 1.54) is 11.2 Å². The van der Waals surface area contributed by atoms with Crippen LogP contribution >= 0.6 is 35.0 Å². The van der Waals surface area contributed by atoms with Gasteiger partial charge in [-0.05, 0) is 24.3 Å². The first-order valence-electron chi connectivity index (χ1n) is 8.42. The molecule has 140 valence electrons. The van der Waals surface area contributed by atoms with E-state index in [0.29, 0.717) is 23.2 Å². The number of ether oxygens (including phenoxy) is 2. The Morgan fingerprint density at radius 3 is 2.78 bits per heavy atom. The number of nitrogens with zero attached hydrogens (tertiary/aromatic N) is 3. The summed E-state index contributed by atoms with van der Waals surface area (Å²) in [5, 5.41) is 5.25. The first-order valence-corrected chi connectivity index (χ1v) is 10.2. The van der Waals surface area contributed by atoms with Gasteiger partial charge in [0.05, 0.1) is 17.7 Å². The van der Waals surface area contributed by atoms with Crippen molar-refractivity contribution in [2.75, 3.05) is 12.4 Å². The second-order valence-electron chi connectivity index (χ2n) is 6.15. The Morgan fingerprint density at radius 2 is 2.04 bits per heavy atom. The summed E-state index contributed by atoms with van der Waals surface area (Å²) in [5.74, 6) is -0.258. The SMILES string of the molecule is Clc1ccc(C2(Cn3cncn3)OCC(CSc3ccccc3)O2)c(Cl)c1. The first kappa shape index (κ1) is 18.8. The number of halogens is 2. The average molecular weight is 422 g/mol. The molecule has 0 saturated carbocycles. The summed E-state index contributed by atoms with van der Waals surface area (Å²) < 4.78 is 14.2. The smallest absolute Gasteiger partial charge is 0.217 e. The third kappa shape index (κ3) is 4.31. The van der Waals surface area contributed by atoms with Gasteiger partial charge in [-0.25, -0.2) is 9.67 Å². The van der Waals surface area contributed by atoms with Gasteiger partial charge in [0, 0.05) is 21.2 Å². The standard InChI is InChI=1S/C19H17Cl2N3O2S/c20-14-6-7-17(18(21)8-14)19(11-24-13-22-12-23-24)25-9-15(26-19)10-27-16-4-2-1-3-5-16/h1-8,12-13,15H,9-11H2. The van der Waals surface area contributed by atoms with Gasteiger partial charge >= 0.3 is 0 Å². The Labute approximate surface area is 171 Å². The molecule has 2 atom stereocenters. The zero-order valence-electron chi connectivity index (χ0n) is 14.3. The maximum absolute atomic E-state index is 6.46. The van der Waals surface area contributed by atoms with Crippen molar-refractivity contribution in [3.05, 3.63) is 76.8 Å². The Hall–Kier alpha value is -1.57. The van der Waals surface area contributed by atoms with Crippen LogP contribution in [-0.2, 0) is 21.8 Å². The molecule has 1 fully saturated rings. The highest BCUT2D eigenvalue weighted by Crippen LogP contribution is 2.41. The Morgan fingerprint density at radius 1 is 1.19 bits per heavy atom. The molecule has 2 heterocycles. The molecule has 0 amide bonds. The van der Waals surface area contributed by atoms with E-state index in [4.69, 9.17) is 32.7 Å². The topological polar surface area (TPSA) is 49.2 Å². The molecule has 1 saturated heterocycles. The molecule has 1 aromatic heterocycles. The van der Waals surface area contributed by atoms with Crippen LogP contribution in [-0.4, -0.2) is 33.2 Å². The van der Waals surface area contributed by atoms with E-state index in [1.54, 1.807) is 34.9 Å². The highest BCUT2D eigenvalue weighted by molar-refractivity contribution is 7.99. The molecular weight excluding hydrogens is 405 g/mol. The van der Waals surface area contributed by atoms with Gasteiger partial charge in [0.25, 0.3) is 0 Å². The minimum Gasteiger partial charge on any atom is -0.342 e. The highest BCUT2D eigenvalue weighted by Gasteiger charge is 2.45. The van der Waals surface area contributed by atoms with Gasteiger partial charge in [-0.3, -0.25) is 0 Å². The van der Waals surface area contributed by atoms with Crippen molar-refractivity contribution in [3.63, 3.8) is 0 Å². The van der Waals surface area contributed by atoms with Crippen molar-refractivity contribution >= 4 is 35.0 Å². The minimum atomic E-state index is -1.03. The zero-order valence-corrected chi connectivity index (χ0v) is 16.6. The summed E-state index contributed by atoms with van der Waals surface area (Å²) in [7, 11) is 0. The quantitative estimate of drug-likeness (QED) is 0.542. The molecule has 2 aromatic carbocycles. The highest BCUT2D eigenvalue weighted by atomic mass is 35.5. The monoisotopic (exact) mass is 421 g/mol. The maximum atomic E-state index is 6.46. The molecule has 1 aliphatic rings. The minimum absolute atomic E-state index is 0.0783. The summed E-state index contributed by atoms with van der Waals surface area (Å²) in [6.07, 6.45) is 3.03.